The number of rotatable bonds is 25. The third-order valence-electron chi connectivity index (χ3n) is 13.7. The Morgan fingerprint density at radius 1 is 0.974 bits per heavy atom. The number of likely N-dealkylation sites (tertiary alicyclic amines) is 1. The van der Waals surface area contributed by atoms with Gasteiger partial charge in [0.25, 0.3) is 11.8 Å². The number of ether oxygens (including phenoxy) is 4. The normalized spacial score (nSPS) is 20.2. The number of aliphatic carboxylic acids is 1. The maximum Gasteiger partial charge on any atom is 0.410 e. The highest BCUT2D eigenvalue weighted by molar-refractivity contribution is 7.98. The molecule has 76 heavy (non-hydrogen) atoms. The van der Waals surface area contributed by atoms with Gasteiger partial charge in [0, 0.05) is 108 Å². The molecule has 6 amide bonds. The SMILES string of the molecule is CSCCC(=O)N(CC1CCN(C(=O)OCc2ccc(OC3CC(O)CC(C(=O)O)O3)c(NC(=O)CCNC(=O)CCCCCN3C(=O)C=CC3=O)c2)C1)C(c1nc(-c2cc(F)ccc2F)cn1CN)C1CCOCC1. The quantitative estimate of drug-likeness (QED) is 0.0568. The van der Waals surface area contributed by atoms with E-state index in [1.807, 2.05) is 11.2 Å². The van der Waals surface area contributed by atoms with Crippen LogP contribution in [0, 0.1) is 23.5 Å². The van der Waals surface area contributed by atoms with Gasteiger partial charge in [-0.15, -0.1) is 0 Å². The van der Waals surface area contributed by atoms with E-state index in [1.165, 1.54) is 36.0 Å². The molecular weight excluding hydrogens is 1010 g/mol. The molecule has 0 bridgehead atoms. The van der Waals surface area contributed by atoms with E-state index in [4.69, 9.17) is 29.7 Å². The summed E-state index contributed by atoms with van der Waals surface area (Å²) in [6.07, 6.45) is 5.21. The smallest absolute Gasteiger partial charge is 0.410 e. The molecular formula is C52H66F2N8O13S. The van der Waals surface area contributed by atoms with Crippen LogP contribution in [0.5, 0.6) is 5.75 Å². The van der Waals surface area contributed by atoms with Crippen LogP contribution in [0.2, 0.25) is 0 Å². The maximum atomic E-state index is 15.1. The highest BCUT2D eigenvalue weighted by Crippen LogP contribution is 2.39. The van der Waals surface area contributed by atoms with Crippen LogP contribution in [0.15, 0.2) is 54.7 Å². The fourth-order valence-electron chi connectivity index (χ4n) is 9.74. The van der Waals surface area contributed by atoms with Crippen LogP contribution in [0.1, 0.15) is 88.1 Å². The van der Waals surface area contributed by atoms with Gasteiger partial charge in [-0.05, 0) is 86.1 Å². The number of carboxylic acids is 1. The van der Waals surface area contributed by atoms with E-state index < -0.39 is 54.1 Å². The van der Waals surface area contributed by atoms with Crippen molar-refractivity contribution in [2.45, 2.75) is 108 Å². The first-order chi connectivity index (χ1) is 36.6. The van der Waals surface area contributed by atoms with Crippen molar-refractivity contribution >= 4 is 59.0 Å². The van der Waals surface area contributed by atoms with Gasteiger partial charge in [-0.3, -0.25) is 28.9 Å². The second-order valence-electron chi connectivity index (χ2n) is 19.2. The number of carbonyl (C=O) groups is 7. The molecule has 7 rings (SSSR count). The molecule has 0 saturated carbocycles. The monoisotopic (exact) mass is 1080 g/mol. The Balaban J connectivity index is 0.990. The number of nitrogens with two attached hydrogens (primary N) is 1. The minimum Gasteiger partial charge on any atom is -0.479 e. The first-order valence-electron chi connectivity index (χ1n) is 25.6. The Bertz CT molecular complexity index is 2580. The first-order valence-corrected chi connectivity index (χ1v) is 27.0. The largest absolute Gasteiger partial charge is 0.479 e. The van der Waals surface area contributed by atoms with Gasteiger partial charge in [0.2, 0.25) is 24.0 Å². The number of aliphatic hydroxyl groups is 1. The van der Waals surface area contributed by atoms with E-state index in [1.54, 1.807) is 21.7 Å². The highest BCUT2D eigenvalue weighted by atomic mass is 32.2. The number of hydrogen-bond acceptors (Lipinski definition) is 15. The lowest BCUT2D eigenvalue weighted by molar-refractivity contribution is -0.195. The standard InChI is InChI=1S/C52H66F2N8O13S/c1-76-22-16-47(68)62(49(34-14-20-72-21-15-34)50-58-40(29-60(50)31-55)37-24-35(53)7-8-38(37)54)28-33-13-19-59(27-33)52(71)73-30-32-6-9-41(74-48-26-36(63)25-42(75-48)51(69)70)39(23-32)57-44(65)12-17-56-43(64)5-3-2-4-18-61-45(66)10-11-46(61)67/h6-11,23-24,29,33-34,36,42,48-49,63H,2-5,12-22,25-28,30-31,55H2,1H3,(H,56,64)(H,57,65)(H,69,70). The Labute approximate surface area is 442 Å². The van der Waals surface area contributed by atoms with Crippen LogP contribution in [-0.4, -0.2) is 153 Å². The van der Waals surface area contributed by atoms with Crippen molar-refractivity contribution in [3.05, 3.63) is 77.8 Å². The lowest BCUT2D eigenvalue weighted by Gasteiger charge is -2.39. The number of nitrogens with one attached hydrogen (secondary N) is 2. The van der Waals surface area contributed by atoms with Crippen molar-refractivity contribution in [1.29, 1.82) is 0 Å². The van der Waals surface area contributed by atoms with Crippen LogP contribution in [-0.2, 0) is 56.3 Å². The molecule has 6 N–H and O–H groups in total. The van der Waals surface area contributed by atoms with Gasteiger partial charge in [-0.1, -0.05) is 12.5 Å². The number of aromatic nitrogens is 2. The van der Waals surface area contributed by atoms with E-state index in [2.05, 4.69) is 10.6 Å². The molecule has 412 valence electrons. The summed E-state index contributed by atoms with van der Waals surface area (Å²) in [4.78, 5) is 98.5. The van der Waals surface area contributed by atoms with Crippen molar-refractivity contribution < 1.29 is 71.5 Å². The Morgan fingerprint density at radius 2 is 1.75 bits per heavy atom. The number of halogens is 2. The number of carbonyl (C=O) groups excluding carboxylic acids is 6. The number of benzene rings is 2. The highest BCUT2D eigenvalue weighted by Gasteiger charge is 2.40. The van der Waals surface area contributed by atoms with E-state index in [9.17, 15) is 48.2 Å². The molecule has 3 aromatic rings. The van der Waals surface area contributed by atoms with Gasteiger partial charge in [0.15, 0.2) is 6.10 Å². The number of thioether (sulfide) groups is 1. The van der Waals surface area contributed by atoms with Crippen molar-refractivity contribution in [3.63, 3.8) is 0 Å². The molecule has 0 aliphatic carbocycles. The molecule has 21 nitrogen and oxygen atoms in total. The molecule has 5 heterocycles. The molecule has 1 aromatic heterocycles. The number of imidazole rings is 1. The van der Waals surface area contributed by atoms with Gasteiger partial charge >= 0.3 is 12.1 Å². The molecule has 0 radical (unpaired) electrons. The third-order valence-corrected chi connectivity index (χ3v) is 14.3. The van der Waals surface area contributed by atoms with Crippen LogP contribution in [0.4, 0.5) is 19.3 Å². The van der Waals surface area contributed by atoms with Gasteiger partial charge in [0.05, 0.1) is 30.2 Å². The average Bonchev–Trinajstić information content (AvgIpc) is 4.14. The van der Waals surface area contributed by atoms with E-state index in [0.29, 0.717) is 75.4 Å². The number of nitrogens with zero attached hydrogens (tertiary/aromatic N) is 5. The topological polar surface area (TPSA) is 274 Å². The zero-order valence-electron chi connectivity index (χ0n) is 42.4. The Kier molecular flexibility index (Phi) is 20.7. The molecule has 0 spiro atoms. The number of imide groups is 1. The summed E-state index contributed by atoms with van der Waals surface area (Å²) in [5.41, 5.74) is 6.97. The second-order valence-corrected chi connectivity index (χ2v) is 20.2. The molecule has 5 unspecified atom stereocenters. The number of unbranched alkanes of at least 4 members (excludes halogenated alkanes) is 2. The molecule has 24 heteroatoms. The Hall–Kier alpha value is -6.47. The summed E-state index contributed by atoms with van der Waals surface area (Å²) in [5.74, 6) is -3.43. The van der Waals surface area contributed by atoms with Crippen LogP contribution >= 0.6 is 11.8 Å². The van der Waals surface area contributed by atoms with Crippen molar-refractivity contribution in [2.24, 2.45) is 17.6 Å². The molecule has 3 fully saturated rings. The van der Waals surface area contributed by atoms with E-state index in [-0.39, 0.29) is 130 Å². The molecule has 2 aromatic carbocycles. The summed E-state index contributed by atoms with van der Waals surface area (Å²) in [7, 11) is 0. The number of hydrogen-bond donors (Lipinski definition) is 5. The van der Waals surface area contributed by atoms with Crippen LogP contribution in [0.25, 0.3) is 11.3 Å². The molecule has 4 aliphatic rings. The summed E-state index contributed by atoms with van der Waals surface area (Å²) in [6.45, 7) is 1.74. The second kappa shape index (κ2) is 27.5. The number of aliphatic hydroxyl groups excluding tert-OH is 1. The number of carboxylic acid groups (broad SMARTS) is 1. The fourth-order valence-corrected chi connectivity index (χ4v) is 10.1. The minimum atomic E-state index is -1.33. The summed E-state index contributed by atoms with van der Waals surface area (Å²) in [5, 5.41) is 25.4. The first kappa shape index (κ1) is 57.2. The molecule has 3 saturated heterocycles. The van der Waals surface area contributed by atoms with Gasteiger partial charge < -0.3 is 59.9 Å². The summed E-state index contributed by atoms with van der Waals surface area (Å²) < 4.78 is 54.2. The van der Waals surface area contributed by atoms with Crippen molar-refractivity contribution in [2.75, 3.05) is 63.3 Å². The minimum absolute atomic E-state index is 0.00752. The maximum absolute atomic E-state index is 15.1. The van der Waals surface area contributed by atoms with E-state index >= 15 is 4.39 Å². The fraction of sp³-hybridized carbons (Fsp3) is 0.538. The number of anilines is 1. The lowest BCUT2D eigenvalue weighted by atomic mass is 9.88. The number of amides is 6. The van der Waals surface area contributed by atoms with Crippen molar-refractivity contribution in [1.82, 2.24) is 29.6 Å². The molecule has 4 aliphatic heterocycles. The zero-order chi connectivity index (χ0) is 54.3. The van der Waals surface area contributed by atoms with Gasteiger partial charge in [0.1, 0.15) is 29.8 Å². The van der Waals surface area contributed by atoms with Gasteiger partial charge in [-0.25, -0.2) is 23.4 Å². The average molecular weight is 1080 g/mol. The summed E-state index contributed by atoms with van der Waals surface area (Å²) in [6, 6.07) is 7.14. The Morgan fingerprint density at radius 3 is 2.49 bits per heavy atom. The van der Waals surface area contributed by atoms with E-state index in [0.717, 1.165) is 23.1 Å². The van der Waals surface area contributed by atoms with Crippen molar-refractivity contribution in [3.8, 4) is 17.0 Å². The predicted octanol–water partition coefficient (Wildman–Crippen LogP) is 4.71. The zero-order valence-corrected chi connectivity index (χ0v) is 43.2. The summed E-state index contributed by atoms with van der Waals surface area (Å²) >= 11 is 1.53. The molecule has 5 atom stereocenters. The predicted molar refractivity (Wildman–Crippen MR) is 272 cm³/mol. The van der Waals surface area contributed by atoms with Crippen LogP contribution < -0.4 is 21.1 Å². The van der Waals surface area contributed by atoms with Gasteiger partial charge in [-0.2, -0.15) is 11.8 Å². The lowest BCUT2D eigenvalue weighted by Crippen LogP contribution is -2.44. The van der Waals surface area contributed by atoms with Crippen LogP contribution in [0.3, 0.4) is 0 Å². The third kappa shape index (κ3) is 15.6.